The number of aromatic nitrogens is 5. The van der Waals surface area contributed by atoms with Gasteiger partial charge in [-0.25, -0.2) is 20.3 Å². The molecule has 1 atom stereocenters. The van der Waals surface area contributed by atoms with Crippen molar-refractivity contribution >= 4 is 39.5 Å². The zero-order chi connectivity index (χ0) is 38.7. The smallest absolute Gasteiger partial charge is 0.309 e. The summed E-state index contributed by atoms with van der Waals surface area (Å²) in [6.07, 6.45) is 8.13. The number of hydrogen-bond donors (Lipinski definition) is 4. The number of benzene rings is 2. The van der Waals surface area contributed by atoms with Gasteiger partial charge in [-0.15, -0.1) is 4.91 Å². The second-order valence-electron chi connectivity index (χ2n) is 12.6. The number of carbonyl (C=O) groups is 1. The number of aromatic amines is 1. The number of fused-ring (bicyclic) bond motifs is 1. The van der Waals surface area contributed by atoms with Gasteiger partial charge in [0.2, 0.25) is 0 Å². The molecule has 6 rings (SSSR count). The first-order valence-corrected chi connectivity index (χ1v) is 17.3. The maximum Gasteiger partial charge on any atom is 0.309 e. The first-order valence-electron chi connectivity index (χ1n) is 17.3. The summed E-state index contributed by atoms with van der Waals surface area (Å²) in [6, 6.07) is 13.3. The molecule has 1 saturated heterocycles. The molecule has 0 unspecified atom stereocenters. The summed E-state index contributed by atoms with van der Waals surface area (Å²) in [4.78, 5) is 34.5. The van der Waals surface area contributed by atoms with Gasteiger partial charge in [0.1, 0.15) is 18.6 Å². The zero-order valence-electron chi connectivity index (χ0n) is 30.8. The second-order valence-corrected chi connectivity index (χ2v) is 12.6. The molecule has 54 heavy (non-hydrogen) atoms. The Hall–Kier alpha value is -5.59. The van der Waals surface area contributed by atoms with E-state index in [9.17, 15) is 19.9 Å². The molecule has 0 aliphatic carbocycles. The first-order chi connectivity index (χ1) is 26.1. The fourth-order valence-corrected chi connectivity index (χ4v) is 6.01. The fourth-order valence-electron chi connectivity index (χ4n) is 6.01. The van der Waals surface area contributed by atoms with Crippen LogP contribution in [0, 0.1) is 4.91 Å². The van der Waals surface area contributed by atoms with Crippen LogP contribution in [0.1, 0.15) is 31.0 Å². The van der Waals surface area contributed by atoms with Gasteiger partial charge in [0.05, 0.1) is 29.2 Å². The van der Waals surface area contributed by atoms with E-state index in [1.54, 1.807) is 56.6 Å². The Labute approximate surface area is 312 Å². The van der Waals surface area contributed by atoms with Gasteiger partial charge in [-0.05, 0) is 42.2 Å². The lowest BCUT2D eigenvalue weighted by molar-refractivity contribution is -0.254. The summed E-state index contributed by atoms with van der Waals surface area (Å²) in [5.41, 5.74) is 8.30. The van der Waals surface area contributed by atoms with Gasteiger partial charge in [-0.3, -0.25) is 14.6 Å². The molecule has 286 valence electrons. The Balaban J connectivity index is 0.000000213. The molecule has 2 aliphatic rings. The molecule has 2 aromatic carbocycles. The highest BCUT2D eigenvalue weighted by Crippen LogP contribution is 2.28. The van der Waals surface area contributed by atoms with Crippen LogP contribution in [-0.2, 0) is 26.1 Å². The lowest BCUT2D eigenvalue weighted by Gasteiger charge is -2.36. The number of nitrogens with one attached hydrogen (secondary N) is 2. The van der Waals surface area contributed by atoms with Gasteiger partial charge in [0.15, 0.2) is 11.7 Å². The van der Waals surface area contributed by atoms with E-state index in [-0.39, 0.29) is 6.10 Å². The molecular weight excluding hydrogens is 696 g/mol. The summed E-state index contributed by atoms with van der Waals surface area (Å²) in [6.45, 7) is 7.98. The minimum absolute atomic E-state index is 0.0893. The molecular formula is C37H46N10O7. The fraction of sp³-hybridized carbons (Fsp3) is 0.378. The zero-order valence-corrected chi connectivity index (χ0v) is 30.8. The van der Waals surface area contributed by atoms with Crippen molar-refractivity contribution in [2.75, 3.05) is 59.0 Å². The van der Waals surface area contributed by atoms with Gasteiger partial charge in [-0.2, -0.15) is 10.2 Å². The van der Waals surface area contributed by atoms with Gasteiger partial charge in [-0.1, -0.05) is 43.0 Å². The number of nitrogens with zero attached hydrogens (tertiary/aromatic N) is 8. The van der Waals surface area contributed by atoms with E-state index >= 15 is 0 Å². The average Bonchev–Trinajstić information content (AvgIpc) is 3.96. The highest BCUT2D eigenvalue weighted by atomic mass is 16.5. The number of hydrogen-bond acceptors (Lipinski definition) is 13. The van der Waals surface area contributed by atoms with Gasteiger partial charge in [0, 0.05) is 77.1 Å². The molecule has 17 heteroatoms. The number of methoxy groups -OCH3 is 2. The van der Waals surface area contributed by atoms with Crippen molar-refractivity contribution in [2.45, 2.75) is 31.8 Å². The molecule has 0 bridgehead atoms. The molecule has 1 fully saturated rings. The van der Waals surface area contributed by atoms with E-state index in [4.69, 9.17) is 14.2 Å². The number of rotatable bonds is 13. The number of aryl methyl sites for hydroxylation is 1. The third-order valence-corrected chi connectivity index (χ3v) is 9.03. The Morgan fingerprint density at radius 1 is 1.15 bits per heavy atom. The lowest BCUT2D eigenvalue weighted by atomic mass is 9.98. The normalized spacial score (nSPS) is 16.8. The standard InChI is InChI=1S/C21H27N5O4.C16H19N5O3/c1-24-14-22-19(23-24)17-5-3-15(4-6-17)16-7-10-25(11-8-16)20(27)21(28,29)26-12-9-18(13-26)30-2;1-4-12(10-17-11(2)24-8-7-23-3)16-14-9-13(18-21-22)5-6-15(14)19-20-16/h3-7,14,18,28-29H,8-13H2,1-2H3;4-6,9-10H,1,7-8H2,2-3H3,(H,18,22)(H,19,20)/b;12-10+,17-11?/t18-;/m0./s1. The Bertz CT molecular complexity index is 2000. The van der Waals surface area contributed by atoms with Gasteiger partial charge < -0.3 is 29.3 Å². The number of amides is 1. The molecule has 0 spiro atoms. The number of nitroso groups, excluding NO2 is 1. The van der Waals surface area contributed by atoms with Gasteiger partial charge >= 0.3 is 5.91 Å². The minimum atomic E-state index is -2.50. The third kappa shape index (κ3) is 9.68. The predicted octanol–water partition coefficient (Wildman–Crippen LogP) is 3.72. The summed E-state index contributed by atoms with van der Waals surface area (Å²) >= 11 is 0. The van der Waals surface area contributed by atoms with Crippen molar-refractivity contribution in [3.8, 4) is 11.4 Å². The maximum absolute atomic E-state index is 12.7. The van der Waals surface area contributed by atoms with Crippen molar-refractivity contribution < 1.29 is 29.2 Å². The summed E-state index contributed by atoms with van der Waals surface area (Å²) in [7, 11) is 5.03. The molecule has 17 nitrogen and oxygen atoms in total. The minimum Gasteiger partial charge on any atom is -0.478 e. The van der Waals surface area contributed by atoms with Crippen LogP contribution in [0.25, 0.3) is 33.4 Å². The molecule has 2 aliphatic heterocycles. The average molecular weight is 743 g/mol. The van der Waals surface area contributed by atoms with Crippen LogP contribution in [0.5, 0.6) is 0 Å². The maximum atomic E-state index is 12.7. The SMILES string of the molecule is C=C/C(=C\N=C(C)OCCOC)c1n[nH]c2ccc(NN=O)cc12.CO[C@H]1CCN(C(O)(O)C(=O)N2CC=C(c3ccc(-c4ncn(C)n4)cc3)CC2)C1. The summed E-state index contributed by atoms with van der Waals surface area (Å²) in [5, 5.41) is 36.0. The second kappa shape index (κ2) is 18.4. The molecule has 4 aromatic rings. The number of allylic oxidation sites excluding steroid dienone is 2. The van der Waals surface area contributed by atoms with E-state index in [1.165, 1.54) is 9.80 Å². The number of aliphatic imine (C=N–C) groups is 1. The van der Waals surface area contributed by atoms with Crippen LogP contribution in [0.4, 0.5) is 5.69 Å². The topological polar surface area (TPSA) is 205 Å². The number of H-pyrrole nitrogens is 1. The van der Waals surface area contributed by atoms with Crippen LogP contribution in [0.3, 0.4) is 0 Å². The number of likely N-dealkylation sites (tertiary alicyclic amines) is 1. The number of carbonyl (C=O) groups excluding carboxylic acids is 1. The number of anilines is 1. The van der Waals surface area contributed by atoms with Crippen LogP contribution in [0.15, 0.2) is 84.0 Å². The Morgan fingerprint density at radius 2 is 1.93 bits per heavy atom. The molecule has 0 saturated carbocycles. The van der Waals surface area contributed by atoms with E-state index in [2.05, 4.69) is 42.6 Å². The van der Waals surface area contributed by atoms with Crippen LogP contribution in [0.2, 0.25) is 0 Å². The predicted molar refractivity (Wildman–Crippen MR) is 204 cm³/mol. The lowest BCUT2D eigenvalue weighted by Crippen LogP contribution is -2.60. The van der Waals surface area contributed by atoms with E-state index in [0.29, 0.717) is 80.9 Å². The third-order valence-electron chi connectivity index (χ3n) is 9.03. The Kier molecular flexibility index (Phi) is 13.5. The Morgan fingerprint density at radius 3 is 2.56 bits per heavy atom. The van der Waals surface area contributed by atoms with Crippen molar-refractivity contribution in [1.29, 1.82) is 0 Å². The largest absolute Gasteiger partial charge is 0.478 e. The van der Waals surface area contributed by atoms with E-state index < -0.39 is 11.8 Å². The van der Waals surface area contributed by atoms with Crippen LogP contribution < -0.4 is 5.43 Å². The highest BCUT2D eigenvalue weighted by molar-refractivity contribution is 5.94. The van der Waals surface area contributed by atoms with Crippen molar-refractivity contribution in [1.82, 2.24) is 34.8 Å². The van der Waals surface area contributed by atoms with E-state index in [0.717, 1.165) is 27.6 Å². The summed E-state index contributed by atoms with van der Waals surface area (Å²) in [5.74, 6) is -2.00. The number of aliphatic hydroxyl groups is 2. The molecule has 4 N–H and O–H groups in total. The van der Waals surface area contributed by atoms with Crippen LogP contribution >= 0.6 is 0 Å². The molecule has 4 heterocycles. The molecule has 2 aromatic heterocycles. The molecule has 1 amide bonds. The highest BCUT2D eigenvalue weighted by Gasteiger charge is 2.46. The van der Waals surface area contributed by atoms with E-state index in [1.807, 2.05) is 43.5 Å². The van der Waals surface area contributed by atoms with Gasteiger partial charge in [0.25, 0.3) is 5.91 Å². The quantitative estimate of drug-likeness (QED) is 0.0294. The number of ether oxygens (including phenoxy) is 3. The first kappa shape index (κ1) is 39.6. The monoisotopic (exact) mass is 742 g/mol. The van der Waals surface area contributed by atoms with Crippen molar-refractivity contribution in [2.24, 2.45) is 17.3 Å². The van der Waals surface area contributed by atoms with Crippen LogP contribution in [-0.4, -0.2) is 122 Å². The molecule has 0 radical (unpaired) electrons. The van der Waals surface area contributed by atoms with Crippen molar-refractivity contribution in [3.05, 3.63) is 89.9 Å². The summed E-state index contributed by atoms with van der Waals surface area (Å²) < 4.78 is 17.2. The van der Waals surface area contributed by atoms with Crippen molar-refractivity contribution in [3.63, 3.8) is 0 Å².